The van der Waals surface area contributed by atoms with Crippen LogP contribution >= 0.6 is 0 Å². The fraction of sp³-hybridized carbons (Fsp3) is 0.400. The standard InChI is InChI=1S/C15H16F3NO2/c1-3-19-8-10(7-9(2)14(20)21)11-5-4-6-12(13(11)19)15(16,17)18/h4-6,8-9H,3,7H2,1-2H3,(H,20,21). The molecular formula is C15H16F3NO2. The third kappa shape index (κ3) is 2.89. The first-order chi connectivity index (χ1) is 9.75. The molecule has 1 aromatic heterocycles. The molecule has 21 heavy (non-hydrogen) atoms. The van der Waals surface area contributed by atoms with E-state index in [-0.39, 0.29) is 11.9 Å². The highest BCUT2D eigenvalue weighted by Crippen LogP contribution is 2.37. The fourth-order valence-electron chi connectivity index (χ4n) is 2.49. The van der Waals surface area contributed by atoms with E-state index in [4.69, 9.17) is 5.11 Å². The van der Waals surface area contributed by atoms with Gasteiger partial charge in [0.1, 0.15) is 0 Å². The normalized spacial score (nSPS) is 13.6. The van der Waals surface area contributed by atoms with E-state index < -0.39 is 23.6 Å². The molecule has 114 valence electrons. The molecule has 1 aromatic carbocycles. The monoisotopic (exact) mass is 299 g/mol. The molecule has 1 atom stereocenters. The van der Waals surface area contributed by atoms with E-state index in [1.807, 2.05) is 0 Å². The second-order valence-corrected chi connectivity index (χ2v) is 5.08. The van der Waals surface area contributed by atoms with E-state index in [0.29, 0.717) is 17.5 Å². The number of rotatable bonds is 4. The Morgan fingerprint density at radius 1 is 1.38 bits per heavy atom. The number of carbonyl (C=O) groups is 1. The molecule has 1 unspecified atom stereocenters. The molecule has 0 aliphatic carbocycles. The summed E-state index contributed by atoms with van der Waals surface area (Å²) < 4.78 is 40.9. The van der Waals surface area contributed by atoms with Gasteiger partial charge in [-0.05, 0) is 25.0 Å². The number of carboxylic acid groups (broad SMARTS) is 1. The molecule has 0 aliphatic rings. The number of nitrogens with zero attached hydrogens (tertiary/aromatic N) is 1. The van der Waals surface area contributed by atoms with Gasteiger partial charge in [0.25, 0.3) is 0 Å². The van der Waals surface area contributed by atoms with Crippen molar-refractivity contribution >= 4 is 16.9 Å². The van der Waals surface area contributed by atoms with Gasteiger partial charge in [-0.15, -0.1) is 0 Å². The number of fused-ring (bicyclic) bond motifs is 1. The van der Waals surface area contributed by atoms with Crippen molar-refractivity contribution in [3.63, 3.8) is 0 Å². The van der Waals surface area contributed by atoms with E-state index >= 15 is 0 Å². The predicted octanol–water partition coefficient (Wildman–Crippen LogP) is 3.94. The smallest absolute Gasteiger partial charge is 0.418 e. The van der Waals surface area contributed by atoms with Crippen LogP contribution in [0.5, 0.6) is 0 Å². The molecule has 2 rings (SSSR count). The van der Waals surface area contributed by atoms with E-state index in [0.717, 1.165) is 6.07 Å². The lowest BCUT2D eigenvalue weighted by atomic mass is 10.00. The van der Waals surface area contributed by atoms with Crippen LogP contribution in [0.25, 0.3) is 10.9 Å². The number of aromatic nitrogens is 1. The number of hydrogen-bond acceptors (Lipinski definition) is 1. The summed E-state index contributed by atoms with van der Waals surface area (Å²) in [6.07, 6.45) is -2.60. The van der Waals surface area contributed by atoms with Crippen LogP contribution in [0.15, 0.2) is 24.4 Å². The molecule has 2 aromatic rings. The van der Waals surface area contributed by atoms with E-state index in [1.54, 1.807) is 26.1 Å². The summed E-state index contributed by atoms with van der Waals surface area (Å²) in [5.74, 6) is -1.60. The van der Waals surface area contributed by atoms with Gasteiger partial charge in [-0.2, -0.15) is 13.2 Å². The van der Waals surface area contributed by atoms with Crippen LogP contribution in [0.1, 0.15) is 25.0 Å². The lowest BCUT2D eigenvalue weighted by molar-refractivity contribution is -0.141. The molecule has 0 saturated carbocycles. The van der Waals surface area contributed by atoms with Crippen LogP contribution in [0, 0.1) is 5.92 Å². The van der Waals surface area contributed by atoms with Crippen molar-refractivity contribution in [3.05, 3.63) is 35.5 Å². The van der Waals surface area contributed by atoms with Crippen molar-refractivity contribution in [2.45, 2.75) is 33.0 Å². The maximum absolute atomic E-state index is 13.1. The summed E-state index contributed by atoms with van der Waals surface area (Å²) in [5, 5.41) is 9.45. The Morgan fingerprint density at radius 2 is 2.05 bits per heavy atom. The number of aliphatic carboxylic acids is 1. The van der Waals surface area contributed by atoms with Gasteiger partial charge in [-0.3, -0.25) is 4.79 Å². The summed E-state index contributed by atoms with van der Waals surface area (Å²) in [6.45, 7) is 3.70. The highest BCUT2D eigenvalue weighted by atomic mass is 19.4. The SMILES string of the molecule is CCn1cc(CC(C)C(=O)O)c2cccc(C(F)(F)F)c21. The van der Waals surface area contributed by atoms with Crippen molar-refractivity contribution in [2.75, 3.05) is 0 Å². The molecule has 0 bridgehead atoms. The van der Waals surface area contributed by atoms with Crippen molar-refractivity contribution < 1.29 is 23.1 Å². The Hall–Kier alpha value is -1.98. The average molecular weight is 299 g/mol. The van der Waals surface area contributed by atoms with Crippen molar-refractivity contribution in [1.82, 2.24) is 4.57 Å². The minimum absolute atomic E-state index is 0.125. The molecule has 0 spiro atoms. The van der Waals surface area contributed by atoms with Crippen molar-refractivity contribution in [3.8, 4) is 0 Å². The summed E-state index contributed by atoms with van der Waals surface area (Å²) in [4.78, 5) is 11.0. The van der Waals surface area contributed by atoms with Gasteiger partial charge in [-0.25, -0.2) is 0 Å². The first kappa shape index (κ1) is 15.4. The second-order valence-electron chi connectivity index (χ2n) is 5.08. The van der Waals surface area contributed by atoms with Crippen molar-refractivity contribution in [2.24, 2.45) is 5.92 Å². The lowest BCUT2D eigenvalue weighted by Crippen LogP contribution is -2.12. The molecule has 0 fully saturated rings. The maximum atomic E-state index is 13.1. The summed E-state index contributed by atoms with van der Waals surface area (Å²) in [6, 6.07) is 4.03. The van der Waals surface area contributed by atoms with Crippen LogP contribution < -0.4 is 0 Å². The Morgan fingerprint density at radius 3 is 2.57 bits per heavy atom. The van der Waals surface area contributed by atoms with Crippen LogP contribution in [0.4, 0.5) is 13.2 Å². The zero-order chi connectivity index (χ0) is 15.8. The Kier molecular flexibility index (Phi) is 3.98. The highest BCUT2D eigenvalue weighted by Gasteiger charge is 2.34. The van der Waals surface area contributed by atoms with Crippen LogP contribution in [0.3, 0.4) is 0 Å². The summed E-state index contributed by atoms with van der Waals surface area (Å²) in [5.41, 5.74) is 0.0732. The molecule has 0 amide bonds. The highest BCUT2D eigenvalue weighted by molar-refractivity contribution is 5.88. The molecule has 3 nitrogen and oxygen atoms in total. The second kappa shape index (κ2) is 5.42. The molecular weight excluding hydrogens is 283 g/mol. The van der Waals surface area contributed by atoms with Crippen LogP contribution in [0.2, 0.25) is 0 Å². The zero-order valence-corrected chi connectivity index (χ0v) is 11.7. The molecule has 6 heteroatoms. The zero-order valence-electron chi connectivity index (χ0n) is 11.7. The van der Waals surface area contributed by atoms with Gasteiger partial charge in [0.15, 0.2) is 0 Å². The Balaban J connectivity index is 2.63. The van der Waals surface area contributed by atoms with E-state index in [1.165, 1.54) is 10.6 Å². The summed E-state index contributed by atoms with van der Waals surface area (Å²) >= 11 is 0. The minimum atomic E-state index is -4.43. The Labute approximate surface area is 120 Å². The first-order valence-corrected chi connectivity index (χ1v) is 6.66. The average Bonchev–Trinajstić information content (AvgIpc) is 2.75. The molecule has 0 radical (unpaired) electrons. The number of benzene rings is 1. The van der Waals surface area contributed by atoms with Gasteiger partial charge < -0.3 is 9.67 Å². The number of carboxylic acids is 1. The van der Waals surface area contributed by atoms with Crippen molar-refractivity contribution in [1.29, 1.82) is 0 Å². The first-order valence-electron chi connectivity index (χ1n) is 6.66. The quantitative estimate of drug-likeness (QED) is 0.929. The Bertz CT molecular complexity index is 673. The topological polar surface area (TPSA) is 42.2 Å². The maximum Gasteiger partial charge on any atom is 0.418 e. The summed E-state index contributed by atoms with van der Waals surface area (Å²) in [7, 11) is 0. The largest absolute Gasteiger partial charge is 0.481 e. The number of aryl methyl sites for hydroxylation is 1. The molecule has 0 saturated heterocycles. The third-order valence-corrected chi connectivity index (χ3v) is 3.57. The van der Waals surface area contributed by atoms with Gasteiger partial charge in [0, 0.05) is 18.1 Å². The number of hydrogen-bond donors (Lipinski definition) is 1. The van der Waals surface area contributed by atoms with Gasteiger partial charge in [0.2, 0.25) is 0 Å². The van der Waals surface area contributed by atoms with Crippen LogP contribution in [-0.4, -0.2) is 15.6 Å². The molecule has 1 heterocycles. The van der Waals surface area contributed by atoms with Crippen LogP contribution in [-0.2, 0) is 23.9 Å². The van der Waals surface area contributed by atoms with Gasteiger partial charge >= 0.3 is 12.1 Å². The number of halogens is 3. The van der Waals surface area contributed by atoms with Gasteiger partial charge in [0.05, 0.1) is 17.0 Å². The van der Waals surface area contributed by atoms with E-state index in [2.05, 4.69) is 0 Å². The number of para-hydroxylation sites is 1. The lowest BCUT2D eigenvalue weighted by Gasteiger charge is -2.11. The molecule has 1 N–H and O–H groups in total. The van der Waals surface area contributed by atoms with Gasteiger partial charge in [-0.1, -0.05) is 19.1 Å². The number of alkyl halides is 3. The fourth-order valence-corrected chi connectivity index (χ4v) is 2.49. The molecule has 0 aliphatic heterocycles. The predicted molar refractivity (Wildman–Crippen MR) is 73.1 cm³/mol. The third-order valence-electron chi connectivity index (χ3n) is 3.57. The van der Waals surface area contributed by atoms with E-state index in [9.17, 15) is 18.0 Å². The minimum Gasteiger partial charge on any atom is -0.481 e.